The van der Waals surface area contributed by atoms with E-state index in [0.717, 1.165) is 22.8 Å². The van der Waals surface area contributed by atoms with Gasteiger partial charge in [-0.25, -0.2) is 8.78 Å². The van der Waals surface area contributed by atoms with Crippen molar-refractivity contribution in [1.82, 2.24) is 0 Å². The van der Waals surface area contributed by atoms with E-state index in [1.54, 1.807) is 0 Å². The molecule has 1 aliphatic carbocycles. The second-order valence-corrected chi connectivity index (χ2v) is 4.55. The second-order valence-electron chi connectivity index (χ2n) is 4.55. The summed E-state index contributed by atoms with van der Waals surface area (Å²) in [6.45, 7) is 5.96. The van der Waals surface area contributed by atoms with Crippen LogP contribution in [-0.2, 0) is 0 Å². The molecule has 3 heteroatoms. The van der Waals surface area contributed by atoms with Gasteiger partial charge in [-0.15, -0.1) is 0 Å². The zero-order chi connectivity index (χ0) is 12.7. The molecule has 0 bridgehead atoms. The lowest BCUT2D eigenvalue weighted by molar-refractivity contribution is 0.585. The highest BCUT2D eigenvalue weighted by Gasteiger charge is 2.22. The Morgan fingerprint density at radius 3 is 2.35 bits per heavy atom. The van der Waals surface area contributed by atoms with Crippen molar-refractivity contribution >= 4 is 11.3 Å². The van der Waals surface area contributed by atoms with E-state index in [-0.39, 0.29) is 11.6 Å². The molecule has 0 amide bonds. The van der Waals surface area contributed by atoms with Gasteiger partial charge in [-0.2, -0.15) is 0 Å². The molecule has 2 rings (SSSR count). The van der Waals surface area contributed by atoms with Crippen LogP contribution in [0.5, 0.6) is 0 Å². The van der Waals surface area contributed by atoms with Gasteiger partial charge < -0.3 is 5.73 Å². The quantitative estimate of drug-likeness (QED) is 0.733. The molecule has 0 aromatic heterocycles. The molecule has 1 aliphatic rings. The molecule has 0 heterocycles. The molecule has 1 unspecified atom stereocenters. The lowest BCUT2D eigenvalue weighted by atomic mass is 9.95. The molecular formula is C14H15F2N. The van der Waals surface area contributed by atoms with Gasteiger partial charge in [0.15, 0.2) is 0 Å². The Morgan fingerprint density at radius 1 is 1.18 bits per heavy atom. The van der Waals surface area contributed by atoms with Gasteiger partial charge in [0.2, 0.25) is 0 Å². The number of anilines is 1. The number of benzene rings is 1. The maximum atomic E-state index is 13.4. The third-order valence-corrected chi connectivity index (χ3v) is 3.34. The molecule has 0 spiro atoms. The van der Waals surface area contributed by atoms with Gasteiger partial charge in [0.1, 0.15) is 11.6 Å². The normalized spacial score (nSPS) is 19.8. The highest BCUT2D eigenvalue weighted by Crippen LogP contribution is 2.40. The molecule has 17 heavy (non-hydrogen) atoms. The Kier molecular flexibility index (Phi) is 2.77. The molecular weight excluding hydrogens is 220 g/mol. The molecule has 90 valence electrons. The smallest absolute Gasteiger partial charge is 0.149 e. The van der Waals surface area contributed by atoms with Crippen molar-refractivity contribution in [3.05, 3.63) is 46.6 Å². The van der Waals surface area contributed by atoms with Gasteiger partial charge in [-0.3, -0.25) is 0 Å². The van der Waals surface area contributed by atoms with Crippen LogP contribution in [0.25, 0.3) is 5.57 Å². The number of rotatable bonds is 1. The van der Waals surface area contributed by atoms with Crippen LogP contribution in [0.4, 0.5) is 14.5 Å². The standard InChI is InChI=1S/C14H15F2N/c1-7-4-8(2)13(9(7)3)11-5-10(15)6-12(16)14(11)17/h4-7H,17H2,1-3H3. The SMILES string of the molecule is CC1=CC(C)C(C)=C1c1cc(F)cc(F)c1N. The van der Waals surface area contributed by atoms with E-state index >= 15 is 0 Å². The van der Waals surface area contributed by atoms with Crippen molar-refractivity contribution in [3.63, 3.8) is 0 Å². The summed E-state index contributed by atoms with van der Waals surface area (Å²) in [5.74, 6) is -1.01. The van der Waals surface area contributed by atoms with Gasteiger partial charge in [-0.05, 0) is 37.0 Å². The predicted molar refractivity (Wildman–Crippen MR) is 66.3 cm³/mol. The van der Waals surface area contributed by atoms with Crippen molar-refractivity contribution < 1.29 is 8.78 Å². The summed E-state index contributed by atoms with van der Waals surface area (Å²) >= 11 is 0. The topological polar surface area (TPSA) is 26.0 Å². The van der Waals surface area contributed by atoms with Crippen molar-refractivity contribution in [2.24, 2.45) is 5.92 Å². The Hall–Kier alpha value is -1.64. The Balaban J connectivity index is 2.67. The minimum Gasteiger partial charge on any atom is -0.396 e. The van der Waals surface area contributed by atoms with Crippen LogP contribution in [0.1, 0.15) is 26.3 Å². The second kappa shape index (κ2) is 3.99. The minimum absolute atomic E-state index is 0.0163. The van der Waals surface area contributed by atoms with Crippen molar-refractivity contribution in [3.8, 4) is 0 Å². The lowest BCUT2D eigenvalue weighted by Gasteiger charge is -2.12. The molecule has 0 saturated heterocycles. The average molecular weight is 235 g/mol. The summed E-state index contributed by atoms with van der Waals surface area (Å²) in [4.78, 5) is 0. The van der Waals surface area contributed by atoms with Crippen LogP contribution in [0.3, 0.4) is 0 Å². The summed E-state index contributed by atoms with van der Waals surface area (Å²) in [5, 5.41) is 0. The first-order chi connectivity index (χ1) is 7.91. The van der Waals surface area contributed by atoms with Gasteiger partial charge >= 0.3 is 0 Å². The zero-order valence-electron chi connectivity index (χ0n) is 10.1. The largest absolute Gasteiger partial charge is 0.396 e. The Labute approximate surface area is 99.6 Å². The van der Waals surface area contributed by atoms with Crippen LogP contribution in [0, 0.1) is 17.6 Å². The number of hydrogen-bond acceptors (Lipinski definition) is 1. The molecule has 0 radical (unpaired) electrons. The molecule has 1 aromatic rings. The summed E-state index contributed by atoms with van der Waals surface area (Å²) in [7, 11) is 0. The van der Waals surface area contributed by atoms with Crippen LogP contribution in [0.15, 0.2) is 29.4 Å². The van der Waals surface area contributed by atoms with Crippen LogP contribution in [0.2, 0.25) is 0 Å². The van der Waals surface area contributed by atoms with Gasteiger partial charge in [-0.1, -0.05) is 18.6 Å². The highest BCUT2D eigenvalue weighted by molar-refractivity contribution is 5.88. The summed E-state index contributed by atoms with van der Waals surface area (Å²) < 4.78 is 26.7. The van der Waals surface area contributed by atoms with E-state index in [2.05, 4.69) is 13.0 Å². The molecule has 1 aromatic carbocycles. The molecule has 0 fully saturated rings. The number of nitrogens with two attached hydrogens (primary N) is 1. The van der Waals surface area contributed by atoms with Crippen LogP contribution < -0.4 is 5.73 Å². The number of halogens is 2. The predicted octanol–water partition coefficient (Wildman–Crippen LogP) is 3.92. The number of allylic oxidation sites excluding steroid dienone is 4. The van der Waals surface area contributed by atoms with E-state index in [1.165, 1.54) is 6.07 Å². The third-order valence-electron chi connectivity index (χ3n) is 3.34. The van der Waals surface area contributed by atoms with Crippen molar-refractivity contribution in [2.45, 2.75) is 20.8 Å². The maximum Gasteiger partial charge on any atom is 0.149 e. The first kappa shape index (κ1) is 11.8. The Bertz CT molecular complexity index is 541. The molecule has 1 nitrogen and oxygen atoms in total. The molecule has 0 aliphatic heterocycles. The van der Waals surface area contributed by atoms with Gasteiger partial charge in [0.25, 0.3) is 0 Å². The molecule has 2 N–H and O–H groups in total. The lowest BCUT2D eigenvalue weighted by Crippen LogP contribution is -2.00. The van der Waals surface area contributed by atoms with E-state index in [0.29, 0.717) is 5.56 Å². The average Bonchev–Trinajstić information content (AvgIpc) is 2.48. The fourth-order valence-electron chi connectivity index (χ4n) is 2.34. The summed E-state index contributed by atoms with van der Waals surface area (Å²) in [6, 6.07) is 2.11. The third kappa shape index (κ3) is 1.86. The maximum absolute atomic E-state index is 13.4. The zero-order valence-corrected chi connectivity index (χ0v) is 10.1. The molecule has 1 atom stereocenters. The van der Waals surface area contributed by atoms with Crippen molar-refractivity contribution in [1.29, 1.82) is 0 Å². The van der Waals surface area contributed by atoms with E-state index in [4.69, 9.17) is 5.73 Å². The minimum atomic E-state index is -0.701. The first-order valence-corrected chi connectivity index (χ1v) is 5.56. The highest BCUT2D eigenvalue weighted by atomic mass is 19.1. The monoisotopic (exact) mass is 235 g/mol. The Morgan fingerprint density at radius 2 is 1.82 bits per heavy atom. The number of hydrogen-bond donors (Lipinski definition) is 1. The summed E-state index contributed by atoms with van der Waals surface area (Å²) in [5.41, 5.74) is 9.16. The van der Waals surface area contributed by atoms with Crippen molar-refractivity contribution in [2.75, 3.05) is 5.73 Å². The van der Waals surface area contributed by atoms with E-state index in [1.807, 2.05) is 13.8 Å². The van der Waals surface area contributed by atoms with Crippen LogP contribution in [-0.4, -0.2) is 0 Å². The van der Waals surface area contributed by atoms with E-state index in [9.17, 15) is 8.78 Å². The first-order valence-electron chi connectivity index (χ1n) is 5.56. The summed E-state index contributed by atoms with van der Waals surface area (Å²) in [6.07, 6.45) is 2.08. The van der Waals surface area contributed by atoms with Crippen LogP contribution >= 0.6 is 0 Å². The van der Waals surface area contributed by atoms with E-state index < -0.39 is 11.6 Å². The number of nitrogen functional groups attached to an aromatic ring is 1. The fourth-order valence-corrected chi connectivity index (χ4v) is 2.34. The van der Waals surface area contributed by atoms with Gasteiger partial charge in [0.05, 0.1) is 5.69 Å². The fraction of sp³-hybridized carbons (Fsp3) is 0.286. The van der Waals surface area contributed by atoms with Gasteiger partial charge in [0, 0.05) is 11.6 Å². The molecule has 0 saturated carbocycles.